The highest BCUT2D eigenvalue weighted by atomic mass is 16.3. The highest BCUT2D eigenvalue weighted by Gasteiger charge is 2.02. The van der Waals surface area contributed by atoms with Gasteiger partial charge in [0.05, 0.1) is 0 Å². The molecule has 0 saturated carbocycles. The van der Waals surface area contributed by atoms with E-state index in [1.807, 2.05) is 44.2 Å². The van der Waals surface area contributed by atoms with Gasteiger partial charge in [-0.2, -0.15) is 0 Å². The standard InChI is InChI=1S/C16H16O2/c1-11-12(2)16(18)10-7-14(11)6-3-13-4-8-15(17)9-5-13/h3-10,17-18H,1-2H3. The van der Waals surface area contributed by atoms with E-state index in [4.69, 9.17) is 0 Å². The molecule has 2 nitrogen and oxygen atoms in total. The van der Waals surface area contributed by atoms with Crippen LogP contribution in [0.4, 0.5) is 0 Å². The third-order valence-corrected chi connectivity index (χ3v) is 3.15. The van der Waals surface area contributed by atoms with Crippen molar-refractivity contribution in [1.82, 2.24) is 0 Å². The van der Waals surface area contributed by atoms with Crippen LogP contribution < -0.4 is 0 Å². The molecule has 0 aromatic heterocycles. The Morgan fingerprint density at radius 1 is 0.778 bits per heavy atom. The minimum atomic E-state index is 0.267. The summed E-state index contributed by atoms with van der Waals surface area (Å²) in [7, 11) is 0. The van der Waals surface area contributed by atoms with Crippen molar-refractivity contribution < 1.29 is 10.2 Å². The molecular weight excluding hydrogens is 224 g/mol. The number of phenols is 2. The average Bonchev–Trinajstić information content (AvgIpc) is 2.37. The Labute approximate surface area is 107 Å². The first-order valence-corrected chi connectivity index (χ1v) is 5.84. The van der Waals surface area contributed by atoms with E-state index in [2.05, 4.69) is 0 Å². The molecule has 2 N–H and O–H groups in total. The Morgan fingerprint density at radius 3 is 2.11 bits per heavy atom. The summed E-state index contributed by atoms with van der Waals surface area (Å²) in [4.78, 5) is 0. The van der Waals surface area contributed by atoms with Gasteiger partial charge in [0.25, 0.3) is 0 Å². The van der Waals surface area contributed by atoms with Gasteiger partial charge in [0.15, 0.2) is 0 Å². The summed E-state index contributed by atoms with van der Waals surface area (Å²) in [6.45, 7) is 3.90. The van der Waals surface area contributed by atoms with Gasteiger partial charge in [0.1, 0.15) is 11.5 Å². The molecule has 0 aliphatic carbocycles. The van der Waals surface area contributed by atoms with Crippen molar-refractivity contribution in [1.29, 1.82) is 0 Å². The van der Waals surface area contributed by atoms with E-state index in [0.717, 1.165) is 22.3 Å². The van der Waals surface area contributed by atoms with Crippen LogP contribution in [-0.4, -0.2) is 10.2 Å². The van der Waals surface area contributed by atoms with Crippen LogP contribution in [-0.2, 0) is 0 Å². The zero-order valence-electron chi connectivity index (χ0n) is 10.5. The van der Waals surface area contributed by atoms with Crippen molar-refractivity contribution >= 4 is 12.2 Å². The van der Waals surface area contributed by atoms with Gasteiger partial charge in [0.2, 0.25) is 0 Å². The maximum Gasteiger partial charge on any atom is 0.118 e. The third kappa shape index (κ3) is 2.54. The molecular formula is C16H16O2. The molecule has 0 spiro atoms. The normalized spacial score (nSPS) is 11.0. The van der Waals surface area contributed by atoms with E-state index >= 15 is 0 Å². The van der Waals surface area contributed by atoms with Crippen molar-refractivity contribution in [3.8, 4) is 11.5 Å². The van der Waals surface area contributed by atoms with Crippen LogP contribution in [0.2, 0.25) is 0 Å². The average molecular weight is 240 g/mol. The van der Waals surface area contributed by atoms with Gasteiger partial charge in [0, 0.05) is 0 Å². The largest absolute Gasteiger partial charge is 0.508 e. The second kappa shape index (κ2) is 4.96. The molecule has 2 rings (SSSR count). The highest BCUT2D eigenvalue weighted by Crippen LogP contribution is 2.24. The van der Waals surface area contributed by atoms with E-state index in [1.54, 1.807) is 18.2 Å². The minimum absolute atomic E-state index is 0.267. The van der Waals surface area contributed by atoms with Crippen molar-refractivity contribution in [3.05, 3.63) is 58.7 Å². The zero-order chi connectivity index (χ0) is 13.1. The molecule has 0 radical (unpaired) electrons. The van der Waals surface area contributed by atoms with Crippen molar-refractivity contribution in [2.24, 2.45) is 0 Å². The second-order valence-corrected chi connectivity index (χ2v) is 4.35. The number of aromatic hydroxyl groups is 2. The van der Waals surface area contributed by atoms with Gasteiger partial charge in [-0.3, -0.25) is 0 Å². The molecule has 92 valence electrons. The van der Waals surface area contributed by atoms with Crippen LogP contribution in [0.5, 0.6) is 11.5 Å². The highest BCUT2D eigenvalue weighted by molar-refractivity contribution is 5.72. The zero-order valence-corrected chi connectivity index (χ0v) is 10.5. The lowest BCUT2D eigenvalue weighted by Crippen LogP contribution is -1.86. The van der Waals surface area contributed by atoms with E-state index in [1.165, 1.54) is 0 Å². The molecule has 0 atom stereocenters. The molecule has 0 aliphatic heterocycles. The van der Waals surface area contributed by atoms with Gasteiger partial charge < -0.3 is 10.2 Å². The van der Waals surface area contributed by atoms with Gasteiger partial charge in [-0.1, -0.05) is 30.4 Å². The Bertz CT molecular complexity index is 581. The summed E-state index contributed by atoms with van der Waals surface area (Å²) >= 11 is 0. The minimum Gasteiger partial charge on any atom is -0.508 e. The second-order valence-electron chi connectivity index (χ2n) is 4.35. The van der Waals surface area contributed by atoms with Crippen LogP contribution in [0.1, 0.15) is 22.3 Å². The van der Waals surface area contributed by atoms with Crippen molar-refractivity contribution in [3.63, 3.8) is 0 Å². The number of rotatable bonds is 2. The summed E-state index contributed by atoms with van der Waals surface area (Å²) in [5.74, 6) is 0.595. The molecule has 0 fully saturated rings. The molecule has 18 heavy (non-hydrogen) atoms. The third-order valence-electron chi connectivity index (χ3n) is 3.15. The van der Waals surface area contributed by atoms with Gasteiger partial charge in [-0.15, -0.1) is 0 Å². The van der Waals surface area contributed by atoms with Crippen LogP contribution in [0.15, 0.2) is 36.4 Å². The summed E-state index contributed by atoms with van der Waals surface area (Å²) < 4.78 is 0. The first-order chi connectivity index (χ1) is 8.58. The van der Waals surface area contributed by atoms with Gasteiger partial charge in [-0.25, -0.2) is 0 Å². The van der Waals surface area contributed by atoms with Gasteiger partial charge >= 0.3 is 0 Å². The molecule has 0 unspecified atom stereocenters. The Balaban J connectivity index is 2.29. The van der Waals surface area contributed by atoms with Crippen LogP contribution in [0.3, 0.4) is 0 Å². The summed E-state index contributed by atoms with van der Waals surface area (Å²) in [6, 6.07) is 10.6. The fraction of sp³-hybridized carbons (Fsp3) is 0.125. The molecule has 0 bridgehead atoms. The van der Waals surface area contributed by atoms with Crippen LogP contribution in [0.25, 0.3) is 12.2 Å². The first-order valence-electron chi connectivity index (χ1n) is 5.84. The molecule has 0 amide bonds. The lowest BCUT2D eigenvalue weighted by Gasteiger charge is -2.06. The maximum atomic E-state index is 9.59. The fourth-order valence-corrected chi connectivity index (χ4v) is 1.78. The predicted octanol–water partition coefficient (Wildman–Crippen LogP) is 3.89. The molecule has 0 saturated heterocycles. The first kappa shape index (κ1) is 12.2. The lowest BCUT2D eigenvalue weighted by atomic mass is 10.0. The monoisotopic (exact) mass is 240 g/mol. The summed E-state index contributed by atoms with van der Waals surface area (Å²) in [5.41, 5.74) is 4.09. The van der Waals surface area contributed by atoms with Gasteiger partial charge in [-0.05, 0) is 54.3 Å². The summed E-state index contributed by atoms with van der Waals surface area (Å²) in [5, 5.41) is 18.8. The lowest BCUT2D eigenvalue weighted by molar-refractivity contribution is 0.470. The molecule has 2 heteroatoms. The smallest absolute Gasteiger partial charge is 0.118 e. The predicted molar refractivity (Wildman–Crippen MR) is 74.6 cm³/mol. The van der Waals surface area contributed by atoms with Crippen LogP contribution >= 0.6 is 0 Å². The number of hydrogen-bond donors (Lipinski definition) is 2. The fourth-order valence-electron chi connectivity index (χ4n) is 1.78. The molecule has 0 heterocycles. The Morgan fingerprint density at radius 2 is 1.44 bits per heavy atom. The van der Waals surface area contributed by atoms with Crippen molar-refractivity contribution in [2.75, 3.05) is 0 Å². The van der Waals surface area contributed by atoms with E-state index in [-0.39, 0.29) is 5.75 Å². The summed E-state index contributed by atoms with van der Waals surface area (Å²) in [6.07, 6.45) is 3.99. The Hall–Kier alpha value is -2.22. The molecule has 2 aromatic carbocycles. The quantitative estimate of drug-likeness (QED) is 0.782. The SMILES string of the molecule is Cc1c(O)ccc(C=Cc2ccc(O)cc2)c1C. The van der Waals surface area contributed by atoms with Crippen LogP contribution in [0, 0.1) is 13.8 Å². The maximum absolute atomic E-state index is 9.59. The van der Waals surface area contributed by atoms with E-state index < -0.39 is 0 Å². The number of benzene rings is 2. The topological polar surface area (TPSA) is 40.5 Å². The number of phenolic OH excluding ortho intramolecular Hbond substituents is 2. The Kier molecular flexibility index (Phi) is 3.38. The van der Waals surface area contributed by atoms with E-state index in [9.17, 15) is 10.2 Å². The molecule has 2 aromatic rings. The van der Waals surface area contributed by atoms with E-state index in [0.29, 0.717) is 5.75 Å². The molecule has 0 aliphatic rings. The number of hydrogen-bond acceptors (Lipinski definition) is 2. The van der Waals surface area contributed by atoms with Crippen molar-refractivity contribution in [2.45, 2.75) is 13.8 Å².